The largest absolute Gasteiger partial charge is 0.481 e. The highest BCUT2D eigenvalue weighted by molar-refractivity contribution is 5.67. The normalized spacial score (nSPS) is 24.9. The van der Waals surface area contributed by atoms with Crippen LogP contribution in [0.5, 0.6) is 0 Å². The first-order chi connectivity index (χ1) is 8.75. The number of piperidine rings is 1. The van der Waals surface area contributed by atoms with Gasteiger partial charge in [-0.1, -0.05) is 6.42 Å². The fourth-order valence-corrected chi connectivity index (χ4v) is 3.27. The number of ether oxygens (including phenoxy) is 1. The Morgan fingerprint density at radius 3 is 2.50 bits per heavy atom. The van der Waals surface area contributed by atoms with Gasteiger partial charge in [-0.15, -0.1) is 0 Å². The van der Waals surface area contributed by atoms with Crippen molar-refractivity contribution in [2.24, 2.45) is 11.8 Å². The summed E-state index contributed by atoms with van der Waals surface area (Å²) in [5.41, 5.74) is 0. The highest BCUT2D eigenvalue weighted by Crippen LogP contribution is 2.28. The summed E-state index contributed by atoms with van der Waals surface area (Å²) in [7, 11) is 0. The van der Waals surface area contributed by atoms with Crippen molar-refractivity contribution in [3.05, 3.63) is 0 Å². The van der Waals surface area contributed by atoms with E-state index in [0.29, 0.717) is 18.3 Å². The van der Waals surface area contributed by atoms with Gasteiger partial charge in [0.05, 0.1) is 0 Å². The first-order valence-electron chi connectivity index (χ1n) is 7.27. The second kappa shape index (κ2) is 7.10. The van der Waals surface area contributed by atoms with Crippen LogP contribution in [0.15, 0.2) is 0 Å². The van der Waals surface area contributed by atoms with Gasteiger partial charge in [-0.2, -0.15) is 0 Å². The number of likely N-dealkylation sites (tertiary alicyclic amines) is 1. The van der Waals surface area contributed by atoms with Crippen molar-refractivity contribution in [2.75, 3.05) is 32.8 Å². The topological polar surface area (TPSA) is 49.8 Å². The average molecular weight is 255 g/mol. The minimum Gasteiger partial charge on any atom is -0.481 e. The molecule has 18 heavy (non-hydrogen) atoms. The third-order valence-corrected chi connectivity index (χ3v) is 4.31. The molecular weight excluding hydrogens is 230 g/mol. The number of carboxylic acids is 1. The van der Waals surface area contributed by atoms with E-state index < -0.39 is 5.97 Å². The molecule has 0 aromatic carbocycles. The molecule has 0 saturated carbocycles. The molecule has 0 aromatic rings. The summed E-state index contributed by atoms with van der Waals surface area (Å²) < 4.78 is 5.38. The van der Waals surface area contributed by atoms with Crippen molar-refractivity contribution < 1.29 is 14.6 Å². The molecule has 2 aliphatic rings. The lowest BCUT2D eigenvalue weighted by Crippen LogP contribution is -2.38. The highest BCUT2D eigenvalue weighted by Gasteiger charge is 2.28. The molecule has 0 aliphatic carbocycles. The molecule has 1 atom stereocenters. The van der Waals surface area contributed by atoms with Crippen LogP contribution >= 0.6 is 0 Å². The maximum absolute atomic E-state index is 11.0. The van der Waals surface area contributed by atoms with E-state index in [1.54, 1.807) is 0 Å². The lowest BCUT2D eigenvalue weighted by atomic mass is 9.83. The number of hydrogen-bond acceptors (Lipinski definition) is 3. The molecule has 0 aromatic heterocycles. The molecule has 1 N–H and O–H groups in total. The van der Waals surface area contributed by atoms with E-state index in [4.69, 9.17) is 9.84 Å². The van der Waals surface area contributed by atoms with E-state index in [1.165, 1.54) is 19.3 Å². The van der Waals surface area contributed by atoms with E-state index in [9.17, 15) is 4.79 Å². The Bertz CT molecular complexity index is 258. The van der Waals surface area contributed by atoms with E-state index in [1.807, 2.05) is 0 Å². The summed E-state index contributed by atoms with van der Waals surface area (Å²) in [6.07, 6.45) is 6.26. The third-order valence-electron chi connectivity index (χ3n) is 4.31. The highest BCUT2D eigenvalue weighted by atomic mass is 16.5. The van der Waals surface area contributed by atoms with Crippen LogP contribution in [-0.4, -0.2) is 48.8 Å². The molecule has 2 fully saturated rings. The summed E-state index contributed by atoms with van der Waals surface area (Å²) >= 11 is 0. The average Bonchev–Trinajstić information content (AvgIpc) is 2.40. The van der Waals surface area contributed by atoms with Crippen LogP contribution in [-0.2, 0) is 9.53 Å². The smallest absolute Gasteiger partial charge is 0.303 e. The first-order valence-corrected chi connectivity index (χ1v) is 7.27. The van der Waals surface area contributed by atoms with Crippen LogP contribution in [0.25, 0.3) is 0 Å². The van der Waals surface area contributed by atoms with Crippen molar-refractivity contribution in [1.29, 1.82) is 0 Å². The molecule has 2 saturated heterocycles. The van der Waals surface area contributed by atoms with E-state index in [-0.39, 0.29) is 0 Å². The Morgan fingerprint density at radius 2 is 1.89 bits per heavy atom. The lowest BCUT2D eigenvalue weighted by molar-refractivity contribution is -0.139. The number of rotatable bonds is 5. The van der Waals surface area contributed by atoms with Gasteiger partial charge in [0, 0.05) is 26.2 Å². The van der Waals surface area contributed by atoms with E-state index in [2.05, 4.69) is 4.90 Å². The predicted octanol–water partition coefficient (Wildman–Crippen LogP) is 1.99. The van der Waals surface area contributed by atoms with Gasteiger partial charge in [-0.3, -0.25) is 4.79 Å². The molecule has 2 rings (SSSR count). The zero-order valence-electron chi connectivity index (χ0n) is 11.1. The SMILES string of the molecule is O=C(O)CC(CN1CCCCC1)C1CCOCC1. The quantitative estimate of drug-likeness (QED) is 0.816. The van der Waals surface area contributed by atoms with Gasteiger partial charge in [0.2, 0.25) is 0 Å². The summed E-state index contributed by atoms with van der Waals surface area (Å²) in [6.45, 7) is 4.89. The van der Waals surface area contributed by atoms with E-state index >= 15 is 0 Å². The van der Waals surface area contributed by atoms with Crippen molar-refractivity contribution in [3.63, 3.8) is 0 Å². The maximum Gasteiger partial charge on any atom is 0.303 e. The second-order valence-corrected chi connectivity index (χ2v) is 5.67. The standard InChI is InChI=1S/C14H25NO3/c16-14(17)10-13(12-4-8-18-9-5-12)11-15-6-2-1-3-7-15/h12-13H,1-11H2,(H,16,17). The van der Waals surface area contributed by atoms with Crippen LogP contribution in [0.3, 0.4) is 0 Å². The molecule has 0 radical (unpaired) electrons. The molecule has 2 heterocycles. The number of carboxylic acid groups (broad SMARTS) is 1. The molecule has 0 bridgehead atoms. The monoisotopic (exact) mass is 255 g/mol. The van der Waals surface area contributed by atoms with Crippen LogP contribution < -0.4 is 0 Å². The second-order valence-electron chi connectivity index (χ2n) is 5.67. The summed E-state index contributed by atoms with van der Waals surface area (Å²) in [4.78, 5) is 13.5. The van der Waals surface area contributed by atoms with Gasteiger partial charge in [0.15, 0.2) is 0 Å². The Hall–Kier alpha value is -0.610. The maximum atomic E-state index is 11.0. The molecule has 104 valence electrons. The van der Waals surface area contributed by atoms with Crippen molar-refractivity contribution >= 4 is 5.97 Å². The number of nitrogens with zero attached hydrogens (tertiary/aromatic N) is 1. The Morgan fingerprint density at radius 1 is 1.22 bits per heavy atom. The fraction of sp³-hybridized carbons (Fsp3) is 0.929. The van der Waals surface area contributed by atoms with E-state index in [0.717, 1.165) is 45.7 Å². The fourth-order valence-electron chi connectivity index (χ4n) is 3.27. The molecule has 4 nitrogen and oxygen atoms in total. The molecule has 0 amide bonds. The van der Waals surface area contributed by atoms with Gasteiger partial charge < -0.3 is 14.7 Å². The number of hydrogen-bond donors (Lipinski definition) is 1. The van der Waals surface area contributed by atoms with Gasteiger partial charge in [0.1, 0.15) is 0 Å². The molecule has 0 spiro atoms. The Labute approximate surface area is 109 Å². The van der Waals surface area contributed by atoms with Gasteiger partial charge >= 0.3 is 5.97 Å². The van der Waals surface area contributed by atoms with Gasteiger partial charge in [-0.05, 0) is 50.6 Å². The zero-order valence-corrected chi connectivity index (χ0v) is 11.1. The Balaban J connectivity index is 1.88. The number of aliphatic carboxylic acids is 1. The molecule has 1 unspecified atom stereocenters. The van der Waals surface area contributed by atoms with Crippen LogP contribution in [0.1, 0.15) is 38.5 Å². The van der Waals surface area contributed by atoms with Crippen LogP contribution in [0, 0.1) is 11.8 Å². The predicted molar refractivity (Wildman–Crippen MR) is 69.6 cm³/mol. The molecule has 2 aliphatic heterocycles. The van der Waals surface area contributed by atoms with Gasteiger partial charge in [-0.25, -0.2) is 0 Å². The first kappa shape index (κ1) is 13.8. The Kier molecular flexibility index (Phi) is 5.45. The van der Waals surface area contributed by atoms with Gasteiger partial charge in [0.25, 0.3) is 0 Å². The summed E-state index contributed by atoms with van der Waals surface area (Å²) in [5.74, 6) is 0.199. The lowest BCUT2D eigenvalue weighted by Gasteiger charge is -2.35. The third kappa shape index (κ3) is 4.25. The summed E-state index contributed by atoms with van der Waals surface area (Å²) in [6, 6.07) is 0. The van der Waals surface area contributed by atoms with Crippen molar-refractivity contribution in [2.45, 2.75) is 38.5 Å². The zero-order chi connectivity index (χ0) is 12.8. The number of carbonyl (C=O) groups is 1. The minimum atomic E-state index is -0.650. The van der Waals surface area contributed by atoms with Crippen molar-refractivity contribution in [1.82, 2.24) is 4.90 Å². The molecular formula is C14H25NO3. The minimum absolute atomic E-state index is 0.310. The molecule has 4 heteroatoms. The van der Waals surface area contributed by atoms with Crippen LogP contribution in [0.4, 0.5) is 0 Å². The van der Waals surface area contributed by atoms with Crippen molar-refractivity contribution in [3.8, 4) is 0 Å². The summed E-state index contributed by atoms with van der Waals surface area (Å²) in [5, 5.41) is 9.09. The van der Waals surface area contributed by atoms with Crippen LogP contribution in [0.2, 0.25) is 0 Å².